The average molecular weight is 289 g/mol. The third kappa shape index (κ3) is 15.6. The van der Waals surface area contributed by atoms with Crippen molar-refractivity contribution in [2.45, 2.75) is 84.5 Å². The van der Waals surface area contributed by atoms with Crippen LogP contribution in [0.1, 0.15) is 84.5 Å². The second kappa shape index (κ2) is 15.7. The summed E-state index contributed by atoms with van der Waals surface area (Å²) in [5, 5.41) is 0. The summed E-state index contributed by atoms with van der Waals surface area (Å²) in [6.07, 6.45) is 13.0. The summed E-state index contributed by atoms with van der Waals surface area (Å²) < 4.78 is 10.3. The van der Waals surface area contributed by atoms with E-state index in [9.17, 15) is 4.79 Å². The van der Waals surface area contributed by atoms with Crippen molar-refractivity contribution in [1.82, 2.24) is 0 Å². The van der Waals surface area contributed by atoms with Crippen molar-refractivity contribution in [2.24, 2.45) is 0 Å². The zero-order valence-corrected chi connectivity index (χ0v) is 14.3. The fraction of sp³-hybridized carbons (Fsp3) is 0.933. The molecular weight excluding hydrogens is 256 g/mol. The Kier molecular flexibility index (Phi) is 15.4. The van der Waals surface area contributed by atoms with E-state index >= 15 is 0 Å². The van der Waals surface area contributed by atoms with Crippen molar-refractivity contribution in [2.75, 3.05) is 6.61 Å². The van der Waals surface area contributed by atoms with Gasteiger partial charge in [-0.15, -0.1) is 0 Å². The van der Waals surface area contributed by atoms with E-state index in [1.54, 1.807) is 0 Å². The van der Waals surface area contributed by atoms with Gasteiger partial charge in [0.05, 0.1) is 0 Å². The van der Waals surface area contributed by atoms with Crippen molar-refractivity contribution in [3.05, 3.63) is 0 Å². The molecule has 4 heteroatoms. The highest BCUT2D eigenvalue weighted by molar-refractivity contribution is 6.22. The molecular formula is C15H32O3Si. The van der Waals surface area contributed by atoms with Gasteiger partial charge in [-0.1, -0.05) is 65.2 Å². The quantitative estimate of drug-likeness (QED) is 0.359. The molecule has 0 saturated heterocycles. The van der Waals surface area contributed by atoms with E-state index in [0.29, 0.717) is 6.42 Å². The van der Waals surface area contributed by atoms with E-state index in [-0.39, 0.29) is 5.97 Å². The first-order valence-corrected chi connectivity index (χ1v) is 9.20. The minimum Gasteiger partial charge on any atom is -0.499 e. The second-order valence-corrected chi connectivity index (χ2v) is 6.05. The Morgan fingerprint density at radius 1 is 0.842 bits per heavy atom. The molecule has 0 rings (SSSR count). The molecule has 0 aliphatic carbocycles. The highest BCUT2D eigenvalue weighted by Gasteiger charge is 2.02. The average Bonchev–Trinajstić information content (AvgIpc) is 2.42. The molecule has 19 heavy (non-hydrogen) atoms. The molecule has 0 aromatic rings. The zero-order chi connectivity index (χ0) is 14.2. The van der Waals surface area contributed by atoms with Crippen molar-refractivity contribution in [1.29, 1.82) is 0 Å². The molecule has 0 bridgehead atoms. The van der Waals surface area contributed by atoms with Crippen molar-refractivity contribution in [3.8, 4) is 0 Å². The Morgan fingerprint density at radius 3 is 2.00 bits per heavy atom. The van der Waals surface area contributed by atoms with Gasteiger partial charge in [0.2, 0.25) is 0 Å². The van der Waals surface area contributed by atoms with Crippen molar-refractivity contribution >= 4 is 16.0 Å². The SMILES string of the molecule is CCCCCCCCCCCC(=O)O[SiH2]OCCC. The van der Waals surface area contributed by atoms with E-state index < -0.39 is 10.0 Å². The highest BCUT2D eigenvalue weighted by atomic mass is 28.3. The fourth-order valence-corrected chi connectivity index (χ4v) is 2.73. The Morgan fingerprint density at radius 2 is 1.42 bits per heavy atom. The highest BCUT2D eigenvalue weighted by Crippen LogP contribution is 2.10. The number of carbonyl (C=O) groups is 1. The molecule has 0 saturated carbocycles. The summed E-state index contributed by atoms with van der Waals surface area (Å²) in [7, 11) is -1.05. The first-order chi connectivity index (χ1) is 9.31. The van der Waals surface area contributed by atoms with Crippen LogP contribution in [0.5, 0.6) is 0 Å². The van der Waals surface area contributed by atoms with Gasteiger partial charge in [0.1, 0.15) is 0 Å². The van der Waals surface area contributed by atoms with Gasteiger partial charge < -0.3 is 8.85 Å². The maximum atomic E-state index is 11.3. The summed E-state index contributed by atoms with van der Waals surface area (Å²) >= 11 is 0. The van der Waals surface area contributed by atoms with Gasteiger partial charge in [-0.05, 0) is 12.8 Å². The third-order valence-corrected chi connectivity index (χ3v) is 4.03. The van der Waals surface area contributed by atoms with Gasteiger partial charge in [-0.2, -0.15) is 0 Å². The molecule has 0 aliphatic rings. The number of carbonyl (C=O) groups excluding carboxylic acids is 1. The van der Waals surface area contributed by atoms with Gasteiger partial charge in [0.15, 0.2) is 0 Å². The fourth-order valence-electron chi connectivity index (χ4n) is 1.96. The van der Waals surface area contributed by atoms with Gasteiger partial charge in [0, 0.05) is 13.0 Å². The summed E-state index contributed by atoms with van der Waals surface area (Å²) in [4.78, 5) is 11.3. The Hall–Kier alpha value is -0.353. The van der Waals surface area contributed by atoms with E-state index in [4.69, 9.17) is 8.85 Å². The van der Waals surface area contributed by atoms with E-state index in [0.717, 1.165) is 25.9 Å². The van der Waals surface area contributed by atoms with E-state index in [1.807, 2.05) is 0 Å². The first kappa shape index (κ1) is 18.6. The van der Waals surface area contributed by atoms with Crippen LogP contribution in [0.4, 0.5) is 0 Å². The van der Waals surface area contributed by atoms with Gasteiger partial charge >= 0.3 is 10.0 Å². The monoisotopic (exact) mass is 288 g/mol. The molecule has 0 radical (unpaired) electrons. The third-order valence-electron chi connectivity index (χ3n) is 3.14. The molecule has 0 aromatic heterocycles. The Bertz CT molecular complexity index is 198. The summed E-state index contributed by atoms with van der Waals surface area (Å²) in [5.74, 6) is -0.0642. The molecule has 0 aliphatic heterocycles. The Balaban J connectivity index is 3.10. The van der Waals surface area contributed by atoms with Gasteiger partial charge in [0.25, 0.3) is 5.97 Å². The van der Waals surface area contributed by atoms with Gasteiger partial charge in [-0.25, -0.2) is 0 Å². The lowest BCUT2D eigenvalue weighted by molar-refractivity contribution is -0.135. The Labute approximate surface area is 121 Å². The molecule has 0 atom stereocenters. The molecule has 0 unspecified atom stereocenters. The molecule has 3 nitrogen and oxygen atoms in total. The van der Waals surface area contributed by atoms with Crippen LogP contribution in [0, 0.1) is 0 Å². The van der Waals surface area contributed by atoms with E-state index in [2.05, 4.69) is 13.8 Å². The van der Waals surface area contributed by atoms with Crippen LogP contribution in [0.3, 0.4) is 0 Å². The van der Waals surface area contributed by atoms with Crippen LogP contribution in [-0.4, -0.2) is 22.6 Å². The predicted molar refractivity (Wildman–Crippen MR) is 82.7 cm³/mol. The lowest BCUT2D eigenvalue weighted by Gasteiger charge is -2.05. The molecule has 0 heterocycles. The number of hydrogen-bond acceptors (Lipinski definition) is 3. The largest absolute Gasteiger partial charge is 0.499 e. The van der Waals surface area contributed by atoms with Crippen molar-refractivity contribution in [3.63, 3.8) is 0 Å². The second-order valence-electron chi connectivity index (χ2n) is 5.12. The lowest BCUT2D eigenvalue weighted by Crippen LogP contribution is -2.12. The molecule has 114 valence electrons. The van der Waals surface area contributed by atoms with Crippen LogP contribution in [0.2, 0.25) is 0 Å². The predicted octanol–water partition coefficient (Wildman–Crippen LogP) is 3.88. The minimum atomic E-state index is -1.05. The van der Waals surface area contributed by atoms with Crippen LogP contribution in [-0.2, 0) is 13.6 Å². The standard InChI is InChI=1S/C15H32O3Si/c1-3-5-6-7-8-9-10-11-12-13-15(16)18-19-17-14-4-2/h3-14,19H2,1-2H3. The van der Waals surface area contributed by atoms with Crippen LogP contribution in [0.25, 0.3) is 0 Å². The summed E-state index contributed by atoms with van der Waals surface area (Å²) in [5.41, 5.74) is 0. The smallest absolute Gasteiger partial charge is 0.369 e. The zero-order valence-electron chi connectivity index (χ0n) is 12.9. The van der Waals surface area contributed by atoms with E-state index in [1.165, 1.54) is 44.9 Å². The van der Waals surface area contributed by atoms with Crippen LogP contribution >= 0.6 is 0 Å². The van der Waals surface area contributed by atoms with Crippen LogP contribution < -0.4 is 0 Å². The van der Waals surface area contributed by atoms with Gasteiger partial charge in [-0.3, -0.25) is 4.79 Å². The van der Waals surface area contributed by atoms with Crippen LogP contribution in [0.15, 0.2) is 0 Å². The lowest BCUT2D eigenvalue weighted by atomic mass is 10.1. The topological polar surface area (TPSA) is 35.5 Å². The summed E-state index contributed by atoms with van der Waals surface area (Å²) in [6.45, 7) is 5.02. The summed E-state index contributed by atoms with van der Waals surface area (Å²) in [6, 6.07) is 0. The molecule has 0 fully saturated rings. The molecule has 0 N–H and O–H groups in total. The van der Waals surface area contributed by atoms with Crippen molar-refractivity contribution < 1.29 is 13.6 Å². The first-order valence-electron chi connectivity index (χ1n) is 8.04. The number of unbranched alkanes of at least 4 members (excludes halogenated alkanes) is 8. The molecule has 0 spiro atoms. The number of rotatable bonds is 14. The molecule has 0 amide bonds. The maximum absolute atomic E-state index is 11.3. The minimum absolute atomic E-state index is 0.0642. The molecule has 0 aromatic carbocycles. The normalized spacial score (nSPS) is 11.3. The maximum Gasteiger partial charge on any atom is 0.369 e. The number of hydrogen-bond donors (Lipinski definition) is 0.